The molecule has 5 heteroatoms. The number of nitrogens with one attached hydrogen (secondary N) is 1. The van der Waals surface area contributed by atoms with E-state index in [1.54, 1.807) is 0 Å². The average molecular weight is 405 g/mol. The maximum Gasteiger partial charge on any atom is 0.407 e. The third kappa shape index (κ3) is 7.66. The highest BCUT2D eigenvalue weighted by Gasteiger charge is 2.26. The largest absolute Gasteiger partial charge is 0.444 e. The molecule has 0 fully saturated rings. The quantitative estimate of drug-likeness (QED) is 0.577. The number of halogens is 1. The first kappa shape index (κ1) is 18.2. The fourth-order valence-electron chi connectivity index (χ4n) is 1.54. The minimum Gasteiger partial charge on any atom is -0.444 e. The van der Waals surface area contributed by atoms with Gasteiger partial charge < -0.3 is 14.8 Å². The van der Waals surface area contributed by atoms with Crippen molar-refractivity contribution in [3.63, 3.8) is 0 Å². The molecule has 21 heavy (non-hydrogen) atoms. The van der Waals surface area contributed by atoms with E-state index >= 15 is 0 Å². The Morgan fingerprint density at radius 3 is 2.33 bits per heavy atom. The minimum atomic E-state index is -0.490. The van der Waals surface area contributed by atoms with Gasteiger partial charge in [-0.15, -0.1) is 0 Å². The van der Waals surface area contributed by atoms with Crippen LogP contribution in [0.1, 0.15) is 33.3 Å². The second kappa shape index (κ2) is 7.98. The van der Waals surface area contributed by atoms with Crippen LogP contribution in [0.5, 0.6) is 0 Å². The van der Waals surface area contributed by atoms with E-state index < -0.39 is 17.3 Å². The zero-order valence-electron chi connectivity index (χ0n) is 13.1. The van der Waals surface area contributed by atoms with Gasteiger partial charge in [-0.25, -0.2) is 4.79 Å². The Morgan fingerprint density at radius 2 is 1.81 bits per heavy atom. The Balaban J connectivity index is 2.46. The van der Waals surface area contributed by atoms with Gasteiger partial charge in [0.2, 0.25) is 0 Å². The third-order valence-electron chi connectivity index (χ3n) is 2.72. The number of alkyl halides is 1. The SMILES string of the molecule is CC(C)(C)OC(=O)NCC(C)(CI)OCc1ccccc1. The number of benzene rings is 1. The summed E-state index contributed by atoms with van der Waals surface area (Å²) in [6, 6.07) is 9.99. The van der Waals surface area contributed by atoms with Crippen molar-refractivity contribution < 1.29 is 14.3 Å². The molecule has 118 valence electrons. The average Bonchev–Trinajstić information content (AvgIpc) is 2.42. The van der Waals surface area contributed by atoms with E-state index in [1.807, 2.05) is 58.0 Å². The number of carbonyl (C=O) groups is 1. The van der Waals surface area contributed by atoms with E-state index in [-0.39, 0.29) is 0 Å². The second-order valence-corrected chi connectivity index (χ2v) is 6.98. The lowest BCUT2D eigenvalue weighted by Gasteiger charge is -2.29. The molecule has 0 aliphatic rings. The predicted octanol–water partition coefficient (Wildman–Crippen LogP) is 3.92. The molecule has 1 unspecified atom stereocenters. The molecule has 1 rings (SSSR count). The van der Waals surface area contributed by atoms with Crippen LogP contribution in [0.2, 0.25) is 0 Å². The van der Waals surface area contributed by atoms with E-state index in [4.69, 9.17) is 9.47 Å². The number of amides is 1. The highest BCUT2D eigenvalue weighted by Crippen LogP contribution is 2.16. The molecular formula is C16H24INO3. The van der Waals surface area contributed by atoms with Crippen LogP contribution in [0.4, 0.5) is 4.79 Å². The zero-order chi connectivity index (χ0) is 15.9. The van der Waals surface area contributed by atoms with E-state index in [1.165, 1.54) is 0 Å². The minimum absolute atomic E-state index is 0.414. The lowest BCUT2D eigenvalue weighted by Crippen LogP contribution is -2.45. The molecule has 1 aromatic carbocycles. The fraction of sp³-hybridized carbons (Fsp3) is 0.562. The molecule has 1 amide bonds. The topological polar surface area (TPSA) is 47.6 Å². The Morgan fingerprint density at radius 1 is 1.19 bits per heavy atom. The molecule has 0 saturated heterocycles. The fourth-order valence-corrected chi connectivity index (χ4v) is 2.03. The zero-order valence-corrected chi connectivity index (χ0v) is 15.3. The van der Waals surface area contributed by atoms with Crippen molar-refractivity contribution in [3.8, 4) is 0 Å². The summed E-state index contributed by atoms with van der Waals surface area (Å²) in [5.41, 5.74) is 0.203. The normalized spacial score (nSPS) is 14.3. The number of alkyl carbamates (subject to hydrolysis) is 1. The van der Waals surface area contributed by atoms with Crippen molar-refractivity contribution in [1.29, 1.82) is 0 Å². The molecule has 0 heterocycles. The summed E-state index contributed by atoms with van der Waals surface area (Å²) in [5, 5.41) is 2.78. The number of hydrogen-bond acceptors (Lipinski definition) is 3. The first-order chi connectivity index (χ1) is 9.74. The maximum atomic E-state index is 11.7. The summed E-state index contributed by atoms with van der Waals surface area (Å²) < 4.78 is 12.0. The molecule has 0 radical (unpaired) electrons. The van der Waals surface area contributed by atoms with Crippen LogP contribution in [0.3, 0.4) is 0 Å². The number of ether oxygens (including phenoxy) is 2. The van der Waals surface area contributed by atoms with Gasteiger partial charge in [-0.2, -0.15) is 0 Å². The molecule has 0 aliphatic carbocycles. The van der Waals surface area contributed by atoms with Gasteiger partial charge in [-0.1, -0.05) is 52.9 Å². The Hall–Kier alpha value is -0.820. The molecule has 0 aliphatic heterocycles. The molecule has 0 spiro atoms. The van der Waals surface area contributed by atoms with Crippen molar-refractivity contribution in [2.24, 2.45) is 0 Å². The molecule has 0 saturated carbocycles. The summed E-state index contributed by atoms with van der Waals surface area (Å²) in [6.07, 6.45) is -0.415. The monoisotopic (exact) mass is 405 g/mol. The van der Waals surface area contributed by atoms with Crippen molar-refractivity contribution in [2.75, 3.05) is 11.0 Å². The molecule has 1 atom stereocenters. The van der Waals surface area contributed by atoms with Gasteiger partial charge in [0.05, 0.1) is 18.8 Å². The number of hydrogen-bond donors (Lipinski definition) is 1. The summed E-state index contributed by atoms with van der Waals surface area (Å²) in [4.78, 5) is 11.7. The van der Waals surface area contributed by atoms with Crippen LogP contribution < -0.4 is 5.32 Å². The maximum absolute atomic E-state index is 11.7. The van der Waals surface area contributed by atoms with Gasteiger partial charge >= 0.3 is 6.09 Å². The van der Waals surface area contributed by atoms with E-state index in [9.17, 15) is 4.79 Å². The highest BCUT2D eigenvalue weighted by atomic mass is 127. The van der Waals surface area contributed by atoms with Crippen molar-refractivity contribution in [1.82, 2.24) is 5.32 Å². The second-order valence-electron chi connectivity index (χ2n) is 6.21. The van der Waals surface area contributed by atoms with Crippen LogP contribution in [0.15, 0.2) is 30.3 Å². The lowest BCUT2D eigenvalue weighted by molar-refractivity contribution is -0.0246. The Bertz CT molecular complexity index is 445. The molecule has 1 aromatic rings. The van der Waals surface area contributed by atoms with Gasteiger partial charge in [0.15, 0.2) is 0 Å². The summed E-state index contributed by atoms with van der Waals surface area (Å²) in [5.74, 6) is 0. The first-order valence-corrected chi connectivity index (χ1v) is 8.47. The summed E-state index contributed by atoms with van der Waals surface area (Å²) >= 11 is 2.27. The molecule has 0 bridgehead atoms. The van der Waals surface area contributed by atoms with Gasteiger partial charge in [0.1, 0.15) is 5.60 Å². The standard InChI is InChI=1S/C16H24INO3/c1-15(2,3)21-14(19)18-12-16(4,11-17)20-10-13-8-6-5-7-9-13/h5-9H,10-12H2,1-4H3,(H,18,19). The van der Waals surface area contributed by atoms with Crippen LogP contribution >= 0.6 is 22.6 Å². The molecule has 4 nitrogen and oxygen atoms in total. The van der Waals surface area contributed by atoms with Crippen molar-refractivity contribution >= 4 is 28.7 Å². The van der Waals surface area contributed by atoms with E-state index in [0.29, 0.717) is 13.2 Å². The predicted molar refractivity (Wildman–Crippen MR) is 92.8 cm³/mol. The summed E-state index contributed by atoms with van der Waals surface area (Å²) in [6.45, 7) is 8.45. The Kier molecular flexibility index (Phi) is 6.93. The number of carbonyl (C=O) groups excluding carboxylic acids is 1. The first-order valence-electron chi connectivity index (χ1n) is 6.95. The molecule has 0 aromatic heterocycles. The van der Waals surface area contributed by atoms with Gasteiger partial charge in [0, 0.05) is 4.43 Å². The van der Waals surface area contributed by atoms with Crippen molar-refractivity contribution in [3.05, 3.63) is 35.9 Å². The van der Waals surface area contributed by atoms with Crippen molar-refractivity contribution in [2.45, 2.75) is 45.5 Å². The van der Waals surface area contributed by atoms with E-state index in [0.717, 1.165) is 9.99 Å². The third-order valence-corrected chi connectivity index (χ3v) is 4.33. The van der Waals surface area contributed by atoms with E-state index in [2.05, 4.69) is 27.9 Å². The van der Waals surface area contributed by atoms with Gasteiger partial charge in [-0.05, 0) is 33.3 Å². The molecule has 1 N–H and O–H groups in total. The summed E-state index contributed by atoms with van der Waals surface area (Å²) in [7, 11) is 0. The van der Waals surface area contributed by atoms with Crippen LogP contribution in [0.25, 0.3) is 0 Å². The van der Waals surface area contributed by atoms with Gasteiger partial charge in [-0.3, -0.25) is 0 Å². The number of rotatable bonds is 6. The smallest absolute Gasteiger partial charge is 0.407 e. The van der Waals surface area contributed by atoms with Crippen LogP contribution in [-0.4, -0.2) is 28.3 Å². The van der Waals surface area contributed by atoms with Crippen LogP contribution in [0, 0.1) is 0 Å². The van der Waals surface area contributed by atoms with Gasteiger partial charge in [0.25, 0.3) is 0 Å². The lowest BCUT2D eigenvalue weighted by atomic mass is 10.1. The molecular weight excluding hydrogens is 381 g/mol. The highest BCUT2D eigenvalue weighted by molar-refractivity contribution is 14.1. The Labute approximate surface area is 140 Å². The van der Waals surface area contributed by atoms with Crippen LogP contribution in [-0.2, 0) is 16.1 Å².